The van der Waals surface area contributed by atoms with Gasteiger partial charge in [-0.15, -0.1) is 5.10 Å². The van der Waals surface area contributed by atoms with E-state index in [0.717, 1.165) is 43.1 Å². The van der Waals surface area contributed by atoms with Crippen LogP contribution in [0.2, 0.25) is 0 Å². The Labute approximate surface area is 184 Å². The summed E-state index contributed by atoms with van der Waals surface area (Å²) in [6.45, 7) is 8.17. The average molecular weight is 448 g/mol. The largest absolute Gasteiger partial charge is 0.451 e. The summed E-state index contributed by atoms with van der Waals surface area (Å²) in [4.78, 5) is 11.2. The van der Waals surface area contributed by atoms with Crippen molar-refractivity contribution in [1.82, 2.24) is 19.7 Å². The third kappa shape index (κ3) is 4.08. The maximum atomic E-state index is 13.2. The van der Waals surface area contributed by atoms with E-state index in [9.17, 15) is 13.2 Å². The number of piperazine rings is 1. The topological polar surface area (TPSA) is 88.1 Å². The SMILES string of the molecule is Cc1c(N2CCc3ncc(N4CCN(C)CC4)cc3C2)nn(C(=N)C(F)(F)F)c(=N)c1C. The molecule has 1 fully saturated rings. The summed E-state index contributed by atoms with van der Waals surface area (Å²) in [5.74, 6) is -1.30. The van der Waals surface area contributed by atoms with Gasteiger partial charge in [-0.2, -0.15) is 17.9 Å². The number of likely N-dealkylation sites (N-methyl/N-ethyl adjacent to an activating group) is 1. The highest BCUT2D eigenvalue weighted by Gasteiger charge is 2.38. The van der Waals surface area contributed by atoms with E-state index >= 15 is 0 Å². The Balaban J connectivity index is 1.66. The van der Waals surface area contributed by atoms with Crippen molar-refractivity contribution in [3.63, 3.8) is 0 Å². The zero-order valence-corrected chi connectivity index (χ0v) is 18.4. The van der Waals surface area contributed by atoms with Crippen molar-refractivity contribution in [3.8, 4) is 0 Å². The first-order valence-corrected chi connectivity index (χ1v) is 10.5. The molecule has 2 aromatic rings. The summed E-state index contributed by atoms with van der Waals surface area (Å²) in [5, 5.41) is 19.6. The zero-order valence-electron chi connectivity index (χ0n) is 18.4. The van der Waals surface area contributed by atoms with Gasteiger partial charge in [-0.05, 0) is 38.1 Å². The molecule has 0 aromatic carbocycles. The predicted octanol–water partition coefficient (Wildman–Crippen LogP) is 2.08. The lowest BCUT2D eigenvalue weighted by Gasteiger charge is -2.35. The van der Waals surface area contributed by atoms with Crippen LogP contribution >= 0.6 is 0 Å². The lowest BCUT2D eigenvalue weighted by atomic mass is 10.0. The van der Waals surface area contributed by atoms with E-state index in [4.69, 9.17) is 10.8 Å². The van der Waals surface area contributed by atoms with E-state index < -0.39 is 17.5 Å². The van der Waals surface area contributed by atoms with Crippen molar-refractivity contribution < 1.29 is 13.2 Å². The van der Waals surface area contributed by atoms with Crippen LogP contribution in [0.25, 0.3) is 0 Å². The first-order valence-electron chi connectivity index (χ1n) is 10.5. The number of pyridine rings is 1. The monoisotopic (exact) mass is 448 g/mol. The molecule has 8 nitrogen and oxygen atoms in total. The van der Waals surface area contributed by atoms with Gasteiger partial charge in [-0.1, -0.05) is 0 Å². The Bertz CT molecular complexity index is 1100. The number of aromatic nitrogens is 3. The van der Waals surface area contributed by atoms with E-state index in [1.807, 2.05) is 11.1 Å². The number of hydrogen-bond acceptors (Lipinski definition) is 7. The van der Waals surface area contributed by atoms with Gasteiger partial charge >= 0.3 is 6.18 Å². The number of fused-ring (bicyclic) bond motifs is 1. The molecule has 4 rings (SSSR count). The molecule has 2 aliphatic heterocycles. The molecule has 2 N–H and O–H groups in total. The molecule has 0 atom stereocenters. The van der Waals surface area contributed by atoms with E-state index in [-0.39, 0.29) is 0 Å². The molecule has 0 radical (unpaired) electrons. The van der Waals surface area contributed by atoms with Gasteiger partial charge in [0, 0.05) is 56.9 Å². The standard InChI is InChI=1S/C21H27F3N8/c1-13-14(2)19(28-32(18(13)25)20(26)21(22,23)24)31-5-4-17-15(12-31)10-16(11-27-17)30-8-6-29(3)7-9-30/h10-11,25-26H,4-9,12H2,1-3H3. The zero-order chi connectivity index (χ0) is 23.2. The fraction of sp³-hybridized carbons (Fsp3) is 0.524. The van der Waals surface area contributed by atoms with Gasteiger partial charge < -0.3 is 14.7 Å². The predicted molar refractivity (Wildman–Crippen MR) is 115 cm³/mol. The number of rotatable bonds is 2. The maximum Gasteiger partial charge on any atom is 0.451 e. The van der Waals surface area contributed by atoms with Crippen LogP contribution in [0.3, 0.4) is 0 Å². The number of anilines is 2. The Hall–Kier alpha value is -2.95. The average Bonchev–Trinajstić information content (AvgIpc) is 2.76. The lowest BCUT2D eigenvalue weighted by Crippen LogP contribution is -2.44. The van der Waals surface area contributed by atoms with Crippen molar-refractivity contribution in [1.29, 1.82) is 10.8 Å². The van der Waals surface area contributed by atoms with Crippen molar-refractivity contribution in [2.45, 2.75) is 33.0 Å². The Kier molecular flexibility index (Phi) is 5.70. The quantitative estimate of drug-likeness (QED) is 0.543. The van der Waals surface area contributed by atoms with Gasteiger partial charge in [0.25, 0.3) is 0 Å². The summed E-state index contributed by atoms with van der Waals surface area (Å²) in [6.07, 6.45) is -2.33. The van der Waals surface area contributed by atoms with E-state index in [0.29, 0.717) is 41.1 Å². The third-order valence-electron chi connectivity index (χ3n) is 6.33. The second kappa shape index (κ2) is 8.19. The van der Waals surface area contributed by atoms with E-state index in [2.05, 4.69) is 33.0 Å². The van der Waals surface area contributed by atoms with Crippen molar-refractivity contribution in [2.24, 2.45) is 0 Å². The van der Waals surface area contributed by atoms with Crippen LogP contribution in [0.4, 0.5) is 24.7 Å². The minimum Gasteiger partial charge on any atom is -0.368 e. The molecule has 11 heteroatoms. The number of nitrogens with one attached hydrogen (secondary N) is 2. The molecule has 32 heavy (non-hydrogen) atoms. The first-order chi connectivity index (χ1) is 15.1. The van der Waals surface area contributed by atoms with Gasteiger partial charge in [0.1, 0.15) is 0 Å². The molecule has 0 spiro atoms. The van der Waals surface area contributed by atoms with E-state index in [1.165, 1.54) is 0 Å². The molecule has 2 aliphatic rings. The normalized spacial score (nSPS) is 17.4. The fourth-order valence-electron chi connectivity index (χ4n) is 4.14. The summed E-state index contributed by atoms with van der Waals surface area (Å²) in [5.41, 5.74) is 3.66. The smallest absolute Gasteiger partial charge is 0.368 e. The molecule has 0 saturated carbocycles. The minimum absolute atomic E-state index is 0.364. The van der Waals surface area contributed by atoms with Gasteiger partial charge in [-0.3, -0.25) is 15.8 Å². The van der Waals surface area contributed by atoms with Crippen LogP contribution in [-0.4, -0.2) is 71.4 Å². The van der Waals surface area contributed by atoms with Gasteiger partial charge in [0.2, 0.25) is 5.84 Å². The molecule has 0 unspecified atom stereocenters. The highest BCUT2D eigenvalue weighted by atomic mass is 19.4. The highest BCUT2D eigenvalue weighted by molar-refractivity contribution is 5.86. The van der Waals surface area contributed by atoms with Crippen molar-refractivity contribution in [2.75, 3.05) is 49.6 Å². The molecule has 2 aromatic heterocycles. The summed E-state index contributed by atoms with van der Waals surface area (Å²) >= 11 is 0. The maximum absolute atomic E-state index is 13.2. The Morgan fingerprint density at radius 1 is 1.03 bits per heavy atom. The Morgan fingerprint density at radius 2 is 1.72 bits per heavy atom. The molecule has 0 amide bonds. The number of halogens is 3. The van der Waals surface area contributed by atoms with Crippen LogP contribution in [0.15, 0.2) is 12.3 Å². The lowest BCUT2D eigenvalue weighted by molar-refractivity contribution is -0.0632. The van der Waals surface area contributed by atoms with Crippen molar-refractivity contribution in [3.05, 3.63) is 40.1 Å². The van der Waals surface area contributed by atoms with E-state index in [1.54, 1.807) is 13.8 Å². The van der Waals surface area contributed by atoms with Crippen LogP contribution in [0.5, 0.6) is 0 Å². The highest BCUT2D eigenvalue weighted by Crippen LogP contribution is 2.28. The minimum atomic E-state index is -4.89. The second-order valence-electron chi connectivity index (χ2n) is 8.44. The summed E-state index contributed by atoms with van der Waals surface area (Å²) in [6, 6.07) is 2.12. The second-order valence-corrected chi connectivity index (χ2v) is 8.44. The molecule has 0 aliphatic carbocycles. The molecule has 1 saturated heterocycles. The Morgan fingerprint density at radius 3 is 2.38 bits per heavy atom. The van der Waals surface area contributed by atoms with Crippen molar-refractivity contribution >= 4 is 17.3 Å². The third-order valence-corrected chi connectivity index (χ3v) is 6.33. The summed E-state index contributed by atoms with van der Waals surface area (Å²) in [7, 11) is 2.10. The van der Waals surface area contributed by atoms with Gasteiger partial charge in [0.15, 0.2) is 11.3 Å². The molecule has 4 heterocycles. The number of nitrogens with zero attached hydrogens (tertiary/aromatic N) is 6. The molecular formula is C21H27F3N8. The fourth-order valence-corrected chi connectivity index (χ4v) is 4.14. The van der Waals surface area contributed by atoms with Crippen LogP contribution < -0.4 is 15.3 Å². The molecular weight excluding hydrogens is 421 g/mol. The molecule has 172 valence electrons. The van der Waals surface area contributed by atoms with Crippen LogP contribution in [0.1, 0.15) is 22.4 Å². The first kappa shape index (κ1) is 22.3. The van der Waals surface area contributed by atoms with Crippen LogP contribution in [-0.2, 0) is 13.0 Å². The van der Waals surface area contributed by atoms with Gasteiger partial charge in [-0.25, -0.2) is 0 Å². The summed E-state index contributed by atoms with van der Waals surface area (Å²) < 4.78 is 39.9. The number of alkyl halides is 3. The van der Waals surface area contributed by atoms with Crippen LogP contribution in [0, 0.1) is 24.7 Å². The number of hydrogen-bond donors (Lipinski definition) is 2. The molecule has 0 bridgehead atoms. The van der Waals surface area contributed by atoms with Gasteiger partial charge in [0.05, 0.1) is 11.9 Å².